The van der Waals surface area contributed by atoms with Crippen LogP contribution < -0.4 is 10.4 Å². The minimum absolute atomic E-state index is 0.156. The number of hydrogen-bond acceptors (Lipinski definition) is 6. The maximum Gasteiger partial charge on any atom is 0.351 e. The van der Waals surface area contributed by atoms with Crippen LogP contribution in [0.25, 0.3) is 5.57 Å². The summed E-state index contributed by atoms with van der Waals surface area (Å²) < 4.78 is 18.4. The smallest absolute Gasteiger partial charge is 0.351 e. The molecule has 2 aliphatic heterocycles. The lowest BCUT2D eigenvalue weighted by Crippen LogP contribution is -2.34. The first-order chi connectivity index (χ1) is 14.1. The van der Waals surface area contributed by atoms with Crippen LogP contribution >= 0.6 is 0 Å². The monoisotopic (exact) mass is 398 g/mol. The molecular weight excluding hydrogens is 372 g/mol. The van der Waals surface area contributed by atoms with E-state index in [1.165, 1.54) is 5.57 Å². The Hall–Kier alpha value is -2.40. The Labute approximate surface area is 170 Å². The highest BCUT2D eigenvalue weighted by atomic mass is 16.6. The largest absolute Gasteiger partial charge is 0.475 e. The van der Waals surface area contributed by atoms with E-state index in [9.17, 15) is 9.90 Å². The molecule has 154 valence electrons. The molecule has 1 saturated heterocycles. The van der Waals surface area contributed by atoms with Crippen molar-refractivity contribution in [3.05, 3.63) is 39.5 Å². The van der Waals surface area contributed by atoms with Gasteiger partial charge in [-0.15, -0.1) is 0 Å². The first kappa shape index (κ1) is 19.9. The van der Waals surface area contributed by atoms with Crippen molar-refractivity contribution in [2.24, 2.45) is 0 Å². The van der Waals surface area contributed by atoms with Crippen molar-refractivity contribution in [1.29, 1.82) is 0 Å². The second kappa shape index (κ2) is 8.95. The van der Waals surface area contributed by atoms with Crippen LogP contribution in [0.5, 0.6) is 5.88 Å². The summed E-state index contributed by atoms with van der Waals surface area (Å²) in [6.07, 6.45) is 4.66. The Bertz CT molecular complexity index is 942. The maximum absolute atomic E-state index is 12.5. The van der Waals surface area contributed by atoms with Crippen LogP contribution in [0.1, 0.15) is 38.3 Å². The number of hydrogen-bond donors (Lipinski definition) is 1. The standard InChI is InChI=1S/C22H26N2O5/c1-15(25)5-6-16-3-2-4-19-17(11-16)7-8-24-20(19)12-21(23-22(24)26)29-14-18-13-27-9-10-28-18/h11-12,15,18,25H,3,5-10,13-14H2,1H3/t15?,18-/m0/s1. The summed E-state index contributed by atoms with van der Waals surface area (Å²) in [5, 5.41) is 9.57. The van der Waals surface area contributed by atoms with Crippen LogP contribution in [0.15, 0.2) is 28.1 Å². The zero-order chi connectivity index (χ0) is 20.2. The van der Waals surface area contributed by atoms with Gasteiger partial charge in [0.05, 0.1) is 37.2 Å². The molecule has 29 heavy (non-hydrogen) atoms. The summed E-state index contributed by atoms with van der Waals surface area (Å²) in [6, 6.07) is 1.79. The number of allylic oxidation sites excluding steroid dienone is 4. The number of ether oxygens (including phenoxy) is 3. The predicted molar refractivity (Wildman–Crippen MR) is 107 cm³/mol. The summed E-state index contributed by atoms with van der Waals surface area (Å²) >= 11 is 0. The molecule has 1 aliphatic carbocycles. The van der Waals surface area contributed by atoms with E-state index in [0.29, 0.717) is 32.8 Å². The number of aliphatic hydroxyl groups is 1. The molecule has 1 aromatic rings. The number of fused-ring (bicyclic) bond motifs is 2. The molecule has 0 saturated carbocycles. The highest BCUT2D eigenvalue weighted by molar-refractivity contribution is 5.83. The lowest BCUT2D eigenvalue weighted by atomic mass is 9.96. The molecular formula is C22H26N2O5. The zero-order valence-corrected chi connectivity index (χ0v) is 16.6. The van der Waals surface area contributed by atoms with Crippen molar-refractivity contribution < 1.29 is 19.3 Å². The number of aromatic nitrogens is 2. The van der Waals surface area contributed by atoms with Gasteiger partial charge in [0.25, 0.3) is 0 Å². The summed E-state index contributed by atoms with van der Waals surface area (Å²) in [6.45, 7) is 4.28. The topological polar surface area (TPSA) is 82.8 Å². The average Bonchev–Trinajstić information content (AvgIpc) is 2.94. The van der Waals surface area contributed by atoms with E-state index in [2.05, 4.69) is 22.9 Å². The third-order valence-electron chi connectivity index (χ3n) is 5.26. The van der Waals surface area contributed by atoms with Crippen molar-refractivity contribution in [3.63, 3.8) is 0 Å². The molecule has 3 heterocycles. The molecule has 7 heteroatoms. The minimum atomic E-state index is -0.325. The van der Waals surface area contributed by atoms with E-state index in [0.717, 1.165) is 36.1 Å². The fraction of sp³-hybridized carbons (Fsp3) is 0.545. The SMILES string of the molecule is CC(O)CCC1=CC2=C(C#CC1)c1cc(OC[C@@H]3COCCO3)nc(=O)n1CC2. The van der Waals surface area contributed by atoms with Crippen LogP contribution in [0.2, 0.25) is 0 Å². The Kier molecular flexibility index (Phi) is 6.14. The quantitative estimate of drug-likeness (QED) is 0.735. The molecule has 4 rings (SSSR count). The van der Waals surface area contributed by atoms with Crippen LogP contribution in [0.4, 0.5) is 0 Å². The molecule has 1 unspecified atom stereocenters. The van der Waals surface area contributed by atoms with Crippen LogP contribution in [-0.4, -0.2) is 53.3 Å². The van der Waals surface area contributed by atoms with E-state index >= 15 is 0 Å². The highest BCUT2D eigenvalue weighted by Crippen LogP contribution is 2.31. The van der Waals surface area contributed by atoms with Gasteiger partial charge >= 0.3 is 5.69 Å². The van der Waals surface area contributed by atoms with Crippen molar-refractivity contribution in [2.75, 3.05) is 26.4 Å². The molecule has 1 fully saturated rings. The van der Waals surface area contributed by atoms with E-state index < -0.39 is 0 Å². The molecule has 3 aliphatic rings. The molecule has 0 radical (unpaired) electrons. The van der Waals surface area contributed by atoms with Gasteiger partial charge in [0.15, 0.2) is 0 Å². The van der Waals surface area contributed by atoms with Gasteiger partial charge in [0, 0.05) is 19.0 Å². The van der Waals surface area contributed by atoms with Gasteiger partial charge in [0.2, 0.25) is 5.88 Å². The molecule has 1 aromatic heterocycles. The van der Waals surface area contributed by atoms with Crippen LogP contribution in [0, 0.1) is 11.8 Å². The fourth-order valence-corrected chi connectivity index (χ4v) is 3.70. The molecule has 2 atom stereocenters. The predicted octanol–water partition coefficient (Wildman–Crippen LogP) is 1.69. The van der Waals surface area contributed by atoms with Crippen molar-refractivity contribution >= 4 is 5.57 Å². The molecule has 0 amide bonds. The molecule has 1 N–H and O–H groups in total. The van der Waals surface area contributed by atoms with E-state index in [1.807, 2.05) is 0 Å². The van der Waals surface area contributed by atoms with Crippen molar-refractivity contribution in [1.82, 2.24) is 9.55 Å². The van der Waals surface area contributed by atoms with Crippen LogP contribution in [-0.2, 0) is 16.0 Å². The Morgan fingerprint density at radius 3 is 3.14 bits per heavy atom. The van der Waals surface area contributed by atoms with Gasteiger partial charge in [-0.2, -0.15) is 4.98 Å². The third-order valence-corrected chi connectivity index (χ3v) is 5.26. The summed E-state index contributed by atoms with van der Waals surface area (Å²) in [5.41, 5.74) is 3.65. The van der Waals surface area contributed by atoms with Crippen molar-refractivity contribution in [2.45, 2.75) is 51.4 Å². The summed E-state index contributed by atoms with van der Waals surface area (Å²) in [7, 11) is 0. The Morgan fingerprint density at radius 2 is 2.34 bits per heavy atom. The first-order valence-corrected chi connectivity index (χ1v) is 10.1. The van der Waals surface area contributed by atoms with E-state index in [-0.39, 0.29) is 30.4 Å². The summed E-state index contributed by atoms with van der Waals surface area (Å²) in [5.74, 6) is 6.74. The number of rotatable bonds is 6. The normalized spacial score (nSPS) is 21.9. The second-order valence-corrected chi connectivity index (χ2v) is 7.61. The zero-order valence-electron chi connectivity index (χ0n) is 16.6. The Balaban J connectivity index is 1.58. The van der Waals surface area contributed by atoms with Gasteiger partial charge < -0.3 is 19.3 Å². The van der Waals surface area contributed by atoms with Gasteiger partial charge in [-0.25, -0.2) is 4.79 Å². The lowest BCUT2D eigenvalue weighted by Gasteiger charge is -2.24. The van der Waals surface area contributed by atoms with Gasteiger partial charge in [-0.1, -0.05) is 23.5 Å². The van der Waals surface area contributed by atoms with Gasteiger partial charge in [-0.3, -0.25) is 4.57 Å². The molecule has 0 bridgehead atoms. The van der Waals surface area contributed by atoms with Crippen molar-refractivity contribution in [3.8, 4) is 17.7 Å². The van der Waals surface area contributed by atoms with Crippen LogP contribution in [0.3, 0.4) is 0 Å². The van der Waals surface area contributed by atoms with Gasteiger partial charge in [-0.05, 0) is 31.8 Å². The second-order valence-electron chi connectivity index (χ2n) is 7.61. The average molecular weight is 398 g/mol. The minimum Gasteiger partial charge on any atom is -0.475 e. The van der Waals surface area contributed by atoms with Gasteiger partial charge in [0.1, 0.15) is 12.7 Å². The molecule has 0 aromatic carbocycles. The summed E-state index contributed by atoms with van der Waals surface area (Å²) in [4.78, 5) is 16.6. The first-order valence-electron chi connectivity index (χ1n) is 10.1. The number of aliphatic hydroxyl groups excluding tert-OH is 1. The third kappa shape index (κ3) is 4.78. The highest BCUT2D eigenvalue weighted by Gasteiger charge is 2.22. The van der Waals surface area contributed by atoms with E-state index in [1.54, 1.807) is 17.6 Å². The maximum atomic E-state index is 12.5. The van der Waals surface area contributed by atoms with E-state index in [4.69, 9.17) is 14.2 Å². The lowest BCUT2D eigenvalue weighted by molar-refractivity contribution is -0.102. The Morgan fingerprint density at radius 1 is 1.45 bits per heavy atom. The fourth-order valence-electron chi connectivity index (χ4n) is 3.70. The number of nitrogens with zero attached hydrogens (tertiary/aromatic N) is 2. The molecule has 7 nitrogen and oxygen atoms in total. The molecule has 0 spiro atoms.